The van der Waals surface area contributed by atoms with Crippen molar-refractivity contribution in [1.82, 2.24) is 14.9 Å². The third-order valence-electron chi connectivity index (χ3n) is 5.99. The summed E-state index contributed by atoms with van der Waals surface area (Å²) < 4.78 is 33.7. The maximum atomic E-state index is 12.9. The SMILES string of the molecule is Cc1c(C)c(C)c(S(=O)(=O)NCCc2nc(C3(N)CCC3)no2)c(C)c1C.Cl. The highest BCUT2D eigenvalue weighted by Gasteiger charge is 2.38. The highest BCUT2D eigenvalue weighted by molar-refractivity contribution is 7.89. The van der Waals surface area contributed by atoms with Crippen LogP contribution in [0.25, 0.3) is 0 Å². The molecule has 1 heterocycles. The molecule has 156 valence electrons. The van der Waals surface area contributed by atoms with Gasteiger partial charge in [0.05, 0.1) is 10.4 Å². The number of hydrogen-bond acceptors (Lipinski definition) is 6. The smallest absolute Gasteiger partial charge is 0.241 e. The maximum Gasteiger partial charge on any atom is 0.241 e. The van der Waals surface area contributed by atoms with Gasteiger partial charge < -0.3 is 10.3 Å². The summed E-state index contributed by atoms with van der Waals surface area (Å²) in [5.74, 6) is 0.914. The fourth-order valence-electron chi connectivity index (χ4n) is 3.57. The molecule has 0 unspecified atom stereocenters. The zero-order chi connectivity index (χ0) is 20.0. The van der Waals surface area contributed by atoms with Crippen molar-refractivity contribution >= 4 is 22.4 Å². The first-order chi connectivity index (χ1) is 12.6. The summed E-state index contributed by atoms with van der Waals surface area (Å²) in [7, 11) is -3.63. The van der Waals surface area contributed by atoms with Crippen molar-refractivity contribution in [1.29, 1.82) is 0 Å². The zero-order valence-corrected chi connectivity index (χ0v) is 18.7. The van der Waals surface area contributed by atoms with E-state index in [0.717, 1.165) is 47.1 Å². The summed E-state index contributed by atoms with van der Waals surface area (Å²) in [5, 5.41) is 3.96. The first-order valence-electron chi connectivity index (χ1n) is 9.25. The van der Waals surface area contributed by atoms with Crippen LogP contribution in [0.2, 0.25) is 0 Å². The molecular formula is C19H29ClN4O3S. The van der Waals surface area contributed by atoms with E-state index in [4.69, 9.17) is 10.3 Å². The van der Waals surface area contributed by atoms with Gasteiger partial charge in [-0.05, 0) is 81.7 Å². The van der Waals surface area contributed by atoms with Crippen LogP contribution in [0.5, 0.6) is 0 Å². The lowest BCUT2D eigenvalue weighted by Crippen LogP contribution is -2.44. The van der Waals surface area contributed by atoms with E-state index < -0.39 is 15.6 Å². The Bertz CT molecular complexity index is 952. The molecule has 0 saturated heterocycles. The standard InChI is InChI=1S/C19H28N4O3S.ClH/c1-11-12(2)14(4)17(15(5)13(11)3)27(24,25)21-10-7-16-22-18(23-26-16)19(20)8-6-9-19;/h21H,6-10,20H2,1-5H3;1H. The summed E-state index contributed by atoms with van der Waals surface area (Å²) in [6, 6.07) is 0. The highest BCUT2D eigenvalue weighted by Crippen LogP contribution is 2.36. The van der Waals surface area contributed by atoms with E-state index in [2.05, 4.69) is 14.9 Å². The minimum Gasteiger partial charge on any atom is -0.339 e. The molecule has 3 N–H and O–H groups in total. The second-order valence-electron chi connectivity index (χ2n) is 7.62. The minimum atomic E-state index is -3.63. The van der Waals surface area contributed by atoms with Crippen molar-refractivity contribution in [3.8, 4) is 0 Å². The maximum absolute atomic E-state index is 12.9. The number of nitrogens with one attached hydrogen (secondary N) is 1. The van der Waals surface area contributed by atoms with Gasteiger partial charge in [-0.15, -0.1) is 12.4 Å². The van der Waals surface area contributed by atoms with E-state index in [9.17, 15) is 8.42 Å². The molecule has 0 bridgehead atoms. The Kier molecular flexibility index (Phi) is 6.60. The predicted octanol–water partition coefficient (Wildman–Crippen LogP) is 2.89. The lowest BCUT2D eigenvalue weighted by atomic mass is 9.77. The van der Waals surface area contributed by atoms with E-state index in [1.165, 1.54) is 0 Å². The average molecular weight is 429 g/mol. The monoisotopic (exact) mass is 428 g/mol. The Labute approximate surface area is 172 Å². The predicted molar refractivity (Wildman–Crippen MR) is 110 cm³/mol. The molecule has 9 heteroatoms. The van der Waals surface area contributed by atoms with Crippen LogP contribution in [0, 0.1) is 34.6 Å². The molecule has 0 aliphatic heterocycles. The van der Waals surface area contributed by atoms with Crippen LogP contribution in [-0.4, -0.2) is 25.1 Å². The van der Waals surface area contributed by atoms with Gasteiger partial charge in [0, 0.05) is 13.0 Å². The minimum absolute atomic E-state index is 0. The number of halogens is 1. The molecule has 0 amide bonds. The van der Waals surface area contributed by atoms with E-state index in [1.54, 1.807) is 0 Å². The van der Waals surface area contributed by atoms with Crippen LogP contribution >= 0.6 is 12.4 Å². The van der Waals surface area contributed by atoms with Crippen LogP contribution in [0.15, 0.2) is 9.42 Å². The van der Waals surface area contributed by atoms with Crippen molar-refractivity contribution in [2.45, 2.75) is 70.7 Å². The van der Waals surface area contributed by atoms with E-state index in [1.807, 2.05) is 34.6 Å². The number of sulfonamides is 1. The molecule has 0 radical (unpaired) electrons. The van der Waals surface area contributed by atoms with Gasteiger partial charge in [-0.25, -0.2) is 13.1 Å². The van der Waals surface area contributed by atoms with Gasteiger partial charge in [0.25, 0.3) is 0 Å². The van der Waals surface area contributed by atoms with Crippen LogP contribution < -0.4 is 10.5 Å². The Morgan fingerprint density at radius 1 is 1.04 bits per heavy atom. The molecule has 0 spiro atoms. The quantitative estimate of drug-likeness (QED) is 0.731. The Morgan fingerprint density at radius 2 is 1.57 bits per heavy atom. The number of rotatable bonds is 6. The third-order valence-corrected chi connectivity index (χ3v) is 7.72. The Hall–Kier alpha value is -1.48. The van der Waals surface area contributed by atoms with Crippen LogP contribution in [0.4, 0.5) is 0 Å². The van der Waals surface area contributed by atoms with E-state index in [0.29, 0.717) is 23.0 Å². The number of benzene rings is 1. The molecule has 2 aromatic rings. The molecule has 3 rings (SSSR count). The van der Waals surface area contributed by atoms with Crippen LogP contribution in [0.1, 0.15) is 58.8 Å². The van der Waals surface area contributed by atoms with Crippen molar-refractivity contribution in [3.05, 3.63) is 39.5 Å². The normalized spacial score (nSPS) is 15.8. The summed E-state index contributed by atoms with van der Waals surface area (Å²) in [6.07, 6.45) is 3.09. The number of hydrogen-bond donors (Lipinski definition) is 2. The van der Waals surface area contributed by atoms with Gasteiger partial charge in [0.1, 0.15) is 0 Å². The van der Waals surface area contributed by atoms with E-state index in [-0.39, 0.29) is 19.0 Å². The summed E-state index contributed by atoms with van der Waals surface area (Å²) in [5.41, 5.74) is 10.4. The molecule has 1 aromatic heterocycles. The van der Waals surface area contributed by atoms with Crippen molar-refractivity contribution in [2.75, 3.05) is 6.54 Å². The summed E-state index contributed by atoms with van der Waals surface area (Å²) in [6.45, 7) is 9.83. The van der Waals surface area contributed by atoms with Gasteiger partial charge in [-0.2, -0.15) is 4.98 Å². The topological polar surface area (TPSA) is 111 Å². The lowest BCUT2D eigenvalue weighted by Gasteiger charge is -2.34. The van der Waals surface area contributed by atoms with Crippen LogP contribution in [-0.2, 0) is 22.0 Å². The largest absolute Gasteiger partial charge is 0.339 e. The van der Waals surface area contributed by atoms with Gasteiger partial charge in [0.2, 0.25) is 15.9 Å². The van der Waals surface area contributed by atoms with Gasteiger partial charge in [-0.1, -0.05) is 5.16 Å². The van der Waals surface area contributed by atoms with Gasteiger partial charge >= 0.3 is 0 Å². The van der Waals surface area contributed by atoms with Crippen LogP contribution in [0.3, 0.4) is 0 Å². The summed E-state index contributed by atoms with van der Waals surface area (Å²) in [4.78, 5) is 4.70. The molecule has 1 saturated carbocycles. The lowest BCUT2D eigenvalue weighted by molar-refractivity contribution is 0.229. The van der Waals surface area contributed by atoms with E-state index >= 15 is 0 Å². The molecule has 0 atom stereocenters. The second kappa shape index (κ2) is 8.10. The molecule has 1 aliphatic carbocycles. The fraction of sp³-hybridized carbons (Fsp3) is 0.579. The average Bonchev–Trinajstić information content (AvgIpc) is 3.05. The Balaban J connectivity index is 0.00000280. The first-order valence-corrected chi connectivity index (χ1v) is 10.7. The first kappa shape index (κ1) is 22.8. The number of nitrogens with zero attached hydrogens (tertiary/aromatic N) is 2. The highest BCUT2D eigenvalue weighted by atomic mass is 35.5. The van der Waals surface area contributed by atoms with Gasteiger partial charge in [0.15, 0.2) is 5.82 Å². The summed E-state index contributed by atoms with van der Waals surface area (Å²) >= 11 is 0. The number of nitrogens with two attached hydrogens (primary N) is 1. The zero-order valence-electron chi connectivity index (χ0n) is 17.0. The third kappa shape index (κ3) is 3.96. The van der Waals surface area contributed by atoms with Crippen molar-refractivity contribution in [3.63, 3.8) is 0 Å². The van der Waals surface area contributed by atoms with Crippen molar-refractivity contribution < 1.29 is 12.9 Å². The molecule has 1 fully saturated rings. The molecule has 1 aromatic carbocycles. The molecule has 7 nitrogen and oxygen atoms in total. The number of aromatic nitrogens is 2. The second-order valence-corrected chi connectivity index (χ2v) is 9.33. The molecular weight excluding hydrogens is 400 g/mol. The fourth-order valence-corrected chi connectivity index (χ4v) is 5.20. The Morgan fingerprint density at radius 3 is 2.07 bits per heavy atom. The van der Waals surface area contributed by atoms with Gasteiger partial charge in [-0.3, -0.25) is 0 Å². The molecule has 1 aliphatic rings. The van der Waals surface area contributed by atoms with Crippen molar-refractivity contribution in [2.24, 2.45) is 5.73 Å². The molecule has 28 heavy (non-hydrogen) atoms.